The van der Waals surface area contributed by atoms with Crippen molar-refractivity contribution in [3.8, 4) is 17.1 Å². The van der Waals surface area contributed by atoms with Gasteiger partial charge in [0.05, 0.1) is 11.1 Å². The number of nitro benzene ring substituents is 1. The van der Waals surface area contributed by atoms with Crippen LogP contribution in [0.25, 0.3) is 17.1 Å². The van der Waals surface area contributed by atoms with E-state index < -0.39 is 10.8 Å². The molecule has 2 aromatic heterocycles. The summed E-state index contributed by atoms with van der Waals surface area (Å²) in [6.45, 7) is 1.40. The van der Waals surface area contributed by atoms with Crippen molar-refractivity contribution in [1.29, 1.82) is 0 Å². The molecule has 4 rings (SSSR count). The SMILES string of the molecule is CC(=O)Nc1ccc(C=NNC(=O)c2nnn(-c3nonc3N)c2-c2ccc([N+](=O)[O-])cc2)cc1. The number of rotatable bonds is 7. The third kappa shape index (κ3) is 4.98. The highest BCUT2D eigenvalue weighted by atomic mass is 16.6. The molecule has 0 saturated heterocycles. The zero-order valence-electron chi connectivity index (χ0n) is 17.9. The van der Waals surface area contributed by atoms with Gasteiger partial charge in [-0.3, -0.25) is 19.7 Å². The average molecular weight is 476 g/mol. The minimum Gasteiger partial charge on any atom is -0.378 e. The molecule has 15 heteroatoms. The molecular weight excluding hydrogens is 460 g/mol. The number of nitrogen functional groups attached to an aromatic ring is 1. The molecule has 0 aliphatic rings. The van der Waals surface area contributed by atoms with Crippen molar-refractivity contribution in [3.05, 3.63) is 69.9 Å². The number of aromatic nitrogens is 5. The van der Waals surface area contributed by atoms with Crippen LogP contribution in [0.2, 0.25) is 0 Å². The lowest BCUT2D eigenvalue weighted by Crippen LogP contribution is -2.19. The van der Waals surface area contributed by atoms with Crippen LogP contribution in [0.4, 0.5) is 17.2 Å². The second-order valence-electron chi connectivity index (χ2n) is 6.98. The Morgan fingerprint density at radius 1 is 1.14 bits per heavy atom. The van der Waals surface area contributed by atoms with Gasteiger partial charge in [-0.05, 0) is 40.1 Å². The minimum absolute atomic E-state index is 0.0207. The minimum atomic E-state index is -0.717. The van der Waals surface area contributed by atoms with E-state index in [4.69, 9.17) is 5.73 Å². The largest absolute Gasteiger partial charge is 0.378 e. The molecule has 0 radical (unpaired) electrons. The Morgan fingerprint density at radius 3 is 2.46 bits per heavy atom. The van der Waals surface area contributed by atoms with E-state index >= 15 is 0 Å². The van der Waals surface area contributed by atoms with Crippen molar-refractivity contribution in [3.63, 3.8) is 0 Å². The fraction of sp³-hybridized carbons (Fsp3) is 0.0500. The van der Waals surface area contributed by atoms with E-state index in [0.29, 0.717) is 16.8 Å². The highest BCUT2D eigenvalue weighted by molar-refractivity contribution is 5.99. The Labute approximate surface area is 195 Å². The lowest BCUT2D eigenvalue weighted by molar-refractivity contribution is -0.384. The molecule has 0 bridgehead atoms. The van der Waals surface area contributed by atoms with Crippen molar-refractivity contribution in [2.24, 2.45) is 5.10 Å². The number of carbonyl (C=O) groups is 2. The van der Waals surface area contributed by atoms with Gasteiger partial charge >= 0.3 is 0 Å². The van der Waals surface area contributed by atoms with Crippen molar-refractivity contribution < 1.29 is 19.1 Å². The highest BCUT2D eigenvalue weighted by Crippen LogP contribution is 2.28. The molecule has 0 saturated carbocycles. The summed E-state index contributed by atoms with van der Waals surface area (Å²) in [7, 11) is 0. The van der Waals surface area contributed by atoms with Crippen LogP contribution in [0, 0.1) is 10.1 Å². The number of non-ortho nitro benzene ring substituents is 1. The quantitative estimate of drug-likeness (QED) is 0.199. The lowest BCUT2D eigenvalue weighted by Gasteiger charge is -2.05. The van der Waals surface area contributed by atoms with Crippen molar-refractivity contribution in [2.75, 3.05) is 11.1 Å². The first-order valence-corrected chi connectivity index (χ1v) is 9.83. The molecule has 0 aliphatic heterocycles. The maximum Gasteiger partial charge on any atom is 0.294 e. The maximum atomic E-state index is 12.9. The van der Waals surface area contributed by atoms with Gasteiger partial charge in [0, 0.05) is 30.3 Å². The van der Waals surface area contributed by atoms with Crippen LogP contribution in [-0.2, 0) is 4.79 Å². The van der Waals surface area contributed by atoms with Gasteiger partial charge in [-0.2, -0.15) is 9.78 Å². The number of anilines is 2. The van der Waals surface area contributed by atoms with Crippen LogP contribution in [0.15, 0.2) is 58.3 Å². The standard InChI is InChI=1S/C20H16N10O5/c1-11(31)23-14-6-2-12(3-7-14)10-22-25-20(32)16-17(13-4-8-15(9-5-13)30(33)34)29(28-24-16)19-18(21)26-35-27-19/h2-10H,1H3,(H2,21,26)(H,23,31)(H,25,32). The molecule has 15 nitrogen and oxygen atoms in total. The summed E-state index contributed by atoms with van der Waals surface area (Å²) in [6, 6.07) is 12.1. The second-order valence-corrected chi connectivity index (χ2v) is 6.98. The van der Waals surface area contributed by atoms with E-state index in [1.807, 2.05) is 0 Å². The summed E-state index contributed by atoms with van der Waals surface area (Å²) in [5.41, 5.74) is 9.58. The predicted octanol–water partition coefficient (Wildman–Crippen LogP) is 1.53. The number of nitrogens with zero attached hydrogens (tertiary/aromatic N) is 7. The number of carbonyl (C=O) groups excluding carboxylic acids is 2. The Hall–Kier alpha value is -5.47. The molecule has 176 valence electrons. The topological polar surface area (TPSA) is 209 Å². The zero-order chi connectivity index (χ0) is 24.9. The number of hydrogen-bond donors (Lipinski definition) is 3. The van der Waals surface area contributed by atoms with E-state index in [1.165, 1.54) is 37.4 Å². The molecular formula is C20H16N10O5. The molecule has 2 aromatic carbocycles. The number of hydrazone groups is 1. The number of amides is 2. The molecule has 0 fully saturated rings. The summed E-state index contributed by atoms with van der Waals surface area (Å²) in [5.74, 6) is -1.04. The van der Waals surface area contributed by atoms with Crippen molar-refractivity contribution in [2.45, 2.75) is 6.92 Å². The lowest BCUT2D eigenvalue weighted by atomic mass is 10.1. The first-order valence-electron chi connectivity index (χ1n) is 9.83. The van der Waals surface area contributed by atoms with E-state index in [0.717, 1.165) is 4.68 Å². The molecule has 2 amide bonds. The molecule has 0 atom stereocenters. The summed E-state index contributed by atoms with van der Waals surface area (Å²) in [6.07, 6.45) is 1.39. The average Bonchev–Trinajstić information content (AvgIpc) is 3.45. The smallest absolute Gasteiger partial charge is 0.294 e. The van der Waals surface area contributed by atoms with Crippen LogP contribution in [-0.4, -0.2) is 48.3 Å². The van der Waals surface area contributed by atoms with E-state index in [1.54, 1.807) is 24.3 Å². The Bertz CT molecular complexity index is 1420. The van der Waals surface area contributed by atoms with Crippen LogP contribution >= 0.6 is 0 Å². The number of benzene rings is 2. The highest BCUT2D eigenvalue weighted by Gasteiger charge is 2.25. The molecule has 0 spiro atoms. The molecule has 0 unspecified atom stereocenters. The maximum absolute atomic E-state index is 12.9. The van der Waals surface area contributed by atoms with Gasteiger partial charge < -0.3 is 11.1 Å². The number of nitrogens with one attached hydrogen (secondary N) is 2. The van der Waals surface area contributed by atoms with Gasteiger partial charge in [-0.25, -0.2) is 10.1 Å². The van der Waals surface area contributed by atoms with Crippen LogP contribution in [0.1, 0.15) is 23.0 Å². The summed E-state index contributed by atoms with van der Waals surface area (Å²) < 4.78 is 5.74. The van der Waals surface area contributed by atoms with Gasteiger partial charge in [0.15, 0.2) is 5.69 Å². The monoisotopic (exact) mass is 476 g/mol. The van der Waals surface area contributed by atoms with Crippen LogP contribution in [0.5, 0.6) is 0 Å². The molecule has 0 aliphatic carbocycles. The van der Waals surface area contributed by atoms with E-state index in [-0.39, 0.29) is 34.6 Å². The number of hydrogen-bond acceptors (Lipinski definition) is 11. The Kier molecular flexibility index (Phi) is 6.21. The number of nitro groups is 1. The third-order valence-corrected chi connectivity index (χ3v) is 4.54. The van der Waals surface area contributed by atoms with Crippen molar-refractivity contribution >= 4 is 35.2 Å². The van der Waals surface area contributed by atoms with Gasteiger partial charge in [-0.1, -0.05) is 17.3 Å². The first-order chi connectivity index (χ1) is 16.8. The van der Waals surface area contributed by atoms with Crippen LogP contribution in [0.3, 0.4) is 0 Å². The molecule has 2 heterocycles. The fourth-order valence-corrected chi connectivity index (χ4v) is 3.00. The molecule has 4 aromatic rings. The van der Waals surface area contributed by atoms with E-state index in [2.05, 4.69) is 41.1 Å². The number of nitrogens with two attached hydrogens (primary N) is 1. The molecule has 4 N–H and O–H groups in total. The predicted molar refractivity (Wildman–Crippen MR) is 122 cm³/mol. The normalized spacial score (nSPS) is 10.9. The Morgan fingerprint density at radius 2 is 1.86 bits per heavy atom. The van der Waals surface area contributed by atoms with Gasteiger partial charge in [0.2, 0.25) is 17.5 Å². The summed E-state index contributed by atoms with van der Waals surface area (Å²) in [5, 5.41) is 32.5. The first kappa shape index (κ1) is 22.7. The third-order valence-electron chi connectivity index (χ3n) is 4.54. The second kappa shape index (κ2) is 9.57. The van der Waals surface area contributed by atoms with Crippen LogP contribution < -0.4 is 16.5 Å². The molecule has 35 heavy (non-hydrogen) atoms. The van der Waals surface area contributed by atoms with E-state index in [9.17, 15) is 19.7 Å². The summed E-state index contributed by atoms with van der Waals surface area (Å²) in [4.78, 5) is 34.4. The zero-order valence-corrected chi connectivity index (χ0v) is 17.9. The van der Waals surface area contributed by atoms with Crippen molar-refractivity contribution in [1.82, 2.24) is 30.7 Å². The Balaban J connectivity index is 1.61. The fourth-order valence-electron chi connectivity index (χ4n) is 3.00. The van der Waals surface area contributed by atoms with Gasteiger partial charge in [0.25, 0.3) is 11.6 Å². The van der Waals surface area contributed by atoms with Gasteiger partial charge in [-0.15, -0.1) is 5.10 Å². The summed E-state index contributed by atoms with van der Waals surface area (Å²) >= 11 is 0. The van der Waals surface area contributed by atoms with Gasteiger partial charge in [0.1, 0.15) is 5.69 Å².